The van der Waals surface area contributed by atoms with Crippen molar-refractivity contribution in [3.8, 4) is 17.6 Å². The lowest BCUT2D eigenvalue weighted by molar-refractivity contribution is -0.384. The molecule has 5 rings (SSSR count). The number of thiophene rings is 1. The molecule has 2 heterocycles. The van der Waals surface area contributed by atoms with Gasteiger partial charge in [0, 0.05) is 42.9 Å². The topological polar surface area (TPSA) is 101 Å². The summed E-state index contributed by atoms with van der Waals surface area (Å²) in [6.45, 7) is 2.86. The number of ether oxygens (including phenoxy) is 2. The molecule has 0 amide bonds. The van der Waals surface area contributed by atoms with Crippen LogP contribution in [0.25, 0.3) is 0 Å². The summed E-state index contributed by atoms with van der Waals surface area (Å²) >= 11 is 1.58. The Morgan fingerprint density at radius 3 is 2.62 bits per heavy atom. The number of rotatable bonds is 9. The summed E-state index contributed by atoms with van der Waals surface area (Å²) in [5.74, 6) is 1.10. The molecule has 39 heavy (non-hydrogen) atoms. The van der Waals surface area contributed by atoms with E-state index in [-0.39, 0.29) is 12.3 Å². The minimum absolute atomic E-state index is 0.0376. The SMILES string of the molecule is COc1cc(C=Nc2sc3c(c2C#N)CCN(Cc2ccccc2)C3)ccc1OCc1ccc([N+](=O)[O-])cc1. The van der Waals surface area contributed by atoms with Crippen molar-refractivity contribution in [3.63, 3.8) is 0 Å². The molecule has 1 aliphatic rings. The van der Waals surface area contributed by atoms with Crippen LogP contribution >= 0.6 is 11.3 Å². The summed E-state index contributed by atoms with van der Waals surface area (Å²) in [5, 5.41) is 21.4. The number of fused-ring (bicyclic) bond motifs is 1. The summed E-state index contributed by atoms with van der Waals surface area (Å²) in [4.78, 5) is 18.7. The lowest BCUT2D eigenvalue weighted by Crippen LogP contribution is -2.29. The Morgan fingerprint density at radius 1 is 1.10 bits per heavy atom. The third kappa shape index (κ3) is 6.14. The molecular formula is C30H26N4O4S. The maximum atomic E-state index is 10.8. The van der Waals surface area contributed by atoms with E-state index in [2.05, 4.69) is 40.2 Å². The van der Waals surface area contributed by atoms with Crippen LogP contribution in [0, 0.1) is 21.4 Å². The number of benzene rings is 3. The number of hydrogen-bond donors (Lipinski definition) is 0. The second kappa shape index (κ2) is 11.9. The van der Waals surface area contributed by atoms with Crippen LogP contribution < -0.4 is 9.47 Å². The number of aliphatic imine (C=N–C) groups is 1. The van der Waals surface area contributed by atoms with Crippen LogP contribution in [0.15, 0.2) is 77.8 Å². The highest BCUT2D eigenvalue weighted by Crippen LogP contribution is 2.39. The molecule has 0 bridgehead atoms. The van der Waals surface area contributed by atoms with Crippen molar-refractivity contribution in [2.45, 2.75) is 26.1 Å². The minimum atomic E-state index is -0.431. The van der Waals surface area contributed by atoms with Crippen LogP contribution in [-0.2, 0) is 26.1 Å². The largest absolute Gasteiger partial charge is 0.493 e. The van der Waals surface area contributed by atoms with E-state index in [0.29, 0.717) is 17.1 Å². The van der Waals surface area contributed by atoms with Gasteiger partial charge in [0.25, 0.3) is 5.69 Å². The first-order valence-electron chi connectivity index (χ1n) is 12.4. The van der Waals surface area contributed by atoms with E-state index in [1.54, 1.807) is 42.9 Å². The molecule has 0 atom stereocenters. The molecule has 9 heteroatoms. The predicted octanol–water partition coefficient (Wildman–Crippen LogP) is 6.42. The van der Waals surface area contributed by atoms with E-state index in [4.69, 9.17) is 9.47 Å². The Hall–Kier alpha value is -4.52. The second-order valence-corrected chi connectivity index (χ2v) is 10.2. The predicted molar refractivity (Wildman–Crippen MR) is 151 cm³/mol. The first-order valence-corrected chi connectivity index (χ1v) is 13.2. The Morgan fingerprint density at radius 2 is 1.90 bits per heavy atom. The van der Waals surface area contributed by atoms with Crippen molar-refractivity contribution in [1.29, 1.82) is 5.26 Å². The average molecular weight is 539 g/mol. The van der Waals surface area contributed by atoms with E-state index in [1.807, 2.05) is 18.2 Å². The Kier molecular flexibility index (Phi) is 7.96. The molecule has 0 fully saturated rings. The molecular weight excluding hydrogens is 512 g/mol. The molecule has 1 aliphatic heterocycles. The lowest BCUT2D eigenvalue weighted by atomic mass is 10.0. The fourth-order valence-corrected chi connectivity index (χ4v) is 5.70. The van der Waals surface area contributed by atoms with Crippen molar-refractivity contribution in [3.05, 3.63) is 116 Å². The highest BCUT2D eigenvalue weighted by atomic mass is 32.1. The third-order valence-electron chi connectivity index (χ3n) is 6.54. The molecule has 1 aromatic heterocycles. The van der Waals surface area contributed by atoms with Gasteiger partial charge in [-0.05, 0) is 59.0 Å². The Labute approximate surface area is 230 Å². The fourth-order valence-electron chi connectivity index (χ4n) is 4.52. The van der Waals surface area contributed by atoms with Crippen LogP contribution in [0.2, 0.25) is 0 Å². The monoisotopic (exact) mass is 538 g/mol. The van der Waals surface area contributed by atoms with E-state index in [0.717, 1.165) is 47.7 Å². The summed E-state index contributed by atoms with van der Waals surface area (Å²) in [7, 11) is 1.57. The van der Waals surface area contributed by atoms with Gasteiger partial charge in [0.2, 0.25) is 0 Å². The number of nitro benzene ring substituents is 1. The molecule has 0 saturated carbocycles. The fraction of sp³-hybridized carbons (Fsp3) is 0.200. The van der Waals surface area contributed by atoms with Crippen molar-refractivity contribution in [2.75, 3.05) is 13.7 Å². The smallest absolute Gasteiger partial charge is 0.269 e. The van der Waals surface area contributed by atoms with Gasteiger partial charge >= 0.3 is 0 Å². The molecule has 8 nitrogen and oxygen atoms in total. The lowest BCUT2D eigenvalue weighted by Gasteiger charge is -2.26. The number of nitrogens with zero attached hydrogens (tertiary/aromatic N) is 4. The summed E-state index contributed by atoms with van der Waals surface area (Å²) < 4.78 is 11.4. The van der Waals surface area contributed by atoms with Crippen molar-refractivity contribution in [2.24, 2.45) is 4.99 Å². The Bertz CT molecular complexity index is 1540. The standard InChI is InChI=1S/C30H26N4O4S/c1-37-28-15-23(9-12-27(28)38-20-22-7-10-24(11-8-22)34(35)36)17-32-30-26(16-31)25-13-14-33(19-29(25)39-30)18-21-5-3-2-4-6-21/h2-12,15,17H,13-14,18-20H2,1H3. The van der Waals surface area contributed by atoms with Crippen molar-refractivity contribution >= 4 is 28.2 Å². The number of nitro groups is 1. The average Bonchev–Trinajstić information content (AvgIpc) is 3.32. The van der Waals surface area contributed by atoms with Crippen molar-refractivity contribution in [1.82, 2.24) is 4.90 Å². The zero-order valence-corrected chi connectivity index (χ0v) is 22.2. The first kappa shape index (κ1) is 26.1. The van der Waals surface area contributed by atoms with Crippen LogP contribution in [0.3, 0.4) is 0 Å². The molecule has 0 saturated heterocycles. The second-order valence-electron chi connectivity index (χ2n) is 9.12. The summed E-state index contributed by atoms with van der Waals surface area (Å²) in [5.41, 5.74) is 4.73. The number of non-ortho nitro benzene ring substituents is 1. The van der Waals surface area contributed by atoms with Crippen LogP contribution in [0.5, 0.6) is 11.5 Å². The van der Waals surface area contributed by atoms with Gasteiger partial charge in [0.05, 0.1) is 17.6 Å². The van der Waals surface area contributed by atoms with E-state index in [1.165, 1.54) is 22.6 Å². The highest BCUT2D eigenvalue weighted by Gasteiger charge is 2.24. The number of hydrogen-bond acceptors (Lipinski definition) is 8. The quantitative estimate of drug-likeness (QED) is 0.138. The van der Waals surface area contributed by atoms with Gasteiger partial charge < -0.3 is 9.47 Å². The molecule has 0 spiro atoms. The zero-order valence-electron chi connectivity index (χ0n) is 21.4. The van der Waals surface area contributed by atoms with Crippen LogP contribution in [0.4, 0.5) is 10.7 Å². The molecule has 4 aromatic rings. The normalized spacial score (nSPS) is 13.1. The van der Waals surface area contributed by atoms with Gasteiger partial charge in [0.15, 0.2) is 11.5 Å². The Balaban J connectivity index is 1.27. The molecule has 3 aromatic carbocycles. The first-order chi connectivity index (χ1) is 19.0. The molecule has 0 aliphatic carbocycles. The van der Waals surface area contributed by atoms with E-state index < -0.39 is 4.92 Å². The maximum absolute atomic E-state index is 10.8. The van der Waals surface area contributed by atoms with Gasteiger partial charge in [-0.15, -0.1) is 11.3 Å². The minimum Gasteiger partial charge on any atom is -0.493 e. The molecule has 196 valence electrons. The molecule has 0 unspecified atom stereocenters. The van der Waals surface area contributed by atoms with Crippen LogP contribution in [0.1, 0.15) is 32.7 Å². The van der Waals surface area contributed by atoms with Crippen molar-refractivity contribution < 1.29 is 14.4 Å². The third-order valence-corrected chi connectivity index (χ3v) is 7.66. The maximum Gasteiger partial charge on any atom is 0.269 e. The van der Waals surface area contributed by atoms with Crippen LogP contribution in [-0.4, -0.2) is 29.7 Å². The number of methoxy groups -OCH3 is 1. The van der Waals surface area contributed by atoms with E-state index in [9.17, 15) is 15.4 Å². The molecule has 0 radical (unpaired) electrons. The van der Waals surface area contributed by atoms with Gasteiger partial charge in [-0.3, -0.25) is 15.0 Å². The number of nitriles is 1. The van der Waals surface area contributed by atoms with Gasteiger partial charge in [0.1, 0.15) is 17.7 Å². The summed E-state index contributed by atoms with van der Waals surface area (Å²) in [6.07, 6.45) is 2.58. The van der Waals surface area contributed by atoms with Gasteiger partial charge in [-0.2, -0.15) is 5.26 Å². The van der Waals surface area contributed by atoms with Gasteiger partial charge in [-0.1, -0.05) is 30.3 Å². The van der Waals surface area contributed by atoms with Gasteiger partial charge in [-0.25, -0.2) is 4.99 Å². The summed E-state index contributed by atoms with van der Waals surface area (Å²) in [6, 6.07) is 24.5. The van der Waals surface area contributed by atoms with E-state index >= 15 is 0 Å². The zero-order chi connectivity index (χ0) is 27.2. The molecule has 0 N–H and O–H groups in total. The highest BCUT2D eigenvalue weighted by molar-refractivity contribution is 7.16.